The third kappa shape index (κ3) is 4.62. The van der Waals surface area contributed by atoms with Crippen LogP contribution in [0.3, 0.4) is 0 Å². The van der Waals surface area contributed by atoms with Crippen molar-refractivity contribution >= 4 is 22.0 Å². The lowest BCUT2D eigenvalue weighted by Gasteiger charge is -2.25. The minimum atomic E-state index is -3.42. The first-order valence-electron chi connectivity index (χ1n) is 8.64. The van der Waals surface area contributed by atoms with Gasteiger partial charge in [-0.15, -0.1) is 0 Å². The van der Waals surface area contributed by atoms with Crippen LogP contribution in [0, 0.1) is 0 Å². The molecule has 1 aromatic carbocycles. The Balaban J connectivity index is 1.56. The maximum absolute atomic E-state index is 12.6. The summed E-state index contributed by atoms with van der Waals surface area (Å²) < 4.78 is 31.9. The molecule has 1 aliphatic heterocycles. The summed E-state index contributed by atoms with van der Waals surface area (Å²) in [4.78, 5) is 12.1. The van der Waals surface area contributed by atoms with Crippen molar-refractivity contribution in [2.24, 2.45) is 0 Å². The molecule has 0 unspecified atom stereocenters. The van der Waals surface area contributed by atoms with E-state index in [2.05, 4.69) is 5.32 Å². The molecule has 138 valence electrons. The summed E-state index contributed by atoms with van der Waals surface area (Å²) in [7, 11) is -3.42. The topological polar surface area (TPSA) is 79.6 Å². The van der Waals surface area contributed by atoms with E-state index >= 15 is 0 Å². The number of benzene rings is 1. The molecule has 1 saturated heterocycles. The van der Waals surface area contributed by atoms with Crippen molar-refractivity contribution in [1.29, 1.82) is 0 Å². The SMILES string of the molecule is O=C(/C=C/c1ccco1)NCc1ccc(S(=O)(=O)N2CCCCC2)cc1. The van der Waals surface area contributed by atoms with E-state index in [1.165, 1.54) is 12.3 Å². The Bertz CT molecular complexity index is 849. The summed E-state index contributed by atoms with van der Waals surface area (Å²) in [6.45, 7) is 1.50. The van der Waals surface area contributed by atoms with Crippen molar-refractivity contribution in [1.82, 2.24) is 9.62 Å². The maximum atomic E-state index is 12.6. The second-order valence-corrected chi connectivity index (χ2v) is 8.11. The van der Waals surface area contributed by atoms with Crippen LogP contribution >= 0.6 is 0 Å². The lowest BCUT2D eigenvalue weighted by Crippen LogP contribution is -2.35. The van der Waals surface area contributed by atoms with Crippen LogP contribution < -0.4 is 5.32 Å². The second-order valence-electron chi connectivity index (χ2n) is 6.18. The van der Waals surface area contributed by atoms with Crippen molar-refractivity contribution in [3.05, 3.63) is 60.1 Å². The number of hydrogen-bond acceptors (Lipinski definition) is 4. The highest BCUT2D eigenvalue weighted by Gasteiger charge is 2.25. The smallest absolute Gasteiger partial charge is 0.244 e. The number of rotatable bonds is 6. The Morgan fingerprint density at radius 2 is 1.85 bits per heavy atom. The van der Waals surface area contributed by atoms with Gasteiger partial charge in [0.25, 0.3) is 0 Å². The zero-order chi connectivity index (χ0) is 18.4. The molecule has 0 atom stereocenters. The van der Waals surface area contributed by atoms with Gasteiger partial charge in [0.2, 0.25) is 15.9 Å². The van der Waals surface area contributed by atoms with E-state index in [9.17, 15) is 13.2 Å². The van der Waals surface area contributed by atoms with E-state index in [-0.39, 0.29) is 5.91 Å². The molecule has 3 rings (SSSR count). The molecular weight excluding hydrogens is 352 g/mol. The number of hydrogen-bond donors (Lipinski definition) is 1. The maximum Gasteiger partial charge on any atom is 0.244 e. The first-order valence-corrected chi connectivity index (χ1v) is 10.1. The van der Waals surface area contributed by atoms with E-state index in [1.54, 1.807) is 46.8 Å². The minimum absolute atomic E-state index is 0.244. The van der Waals surface area contributed by atoms with E-state index in [4.69, 9.17) is 4.42 Å². The van der Waals surface area contributed by atoms with Crippen molar-refractivity contribution in [2.75, 3.05) is 13.1 Å². The van der Waals surface area contributed by atoms with Gasteiger partial charge in [0.1, 0.15) is 5.76 Å². The Kier molecular flexibility index (Phi) is 5.90. The minimum Gasteiger partial charge on any atom is -0.465 e. The fraction of sp³-hybridized carbons (Fsp3) is 0.316. The Morgan fingerprint density at radius 3 is 2.50 bits per heavy atom. The third-order valence-electron chi connectivity index (χ3n) is 4.29. The van der Waals surface area contributed by atoms with Crippen LogP contribution in [-0.4, -0.2) is 31.7 Å². The molecule has 0 aliphatic carbocycles. The molecule has 6 nitrogen and oxygen atoms in total. The lowest BCUT2D eigenvalue weighted by atomic mass is 10.2. The van der Waals surface area contributed by atoms with Crippen LogP contribution in [0.4, 0.5) is 0 Å². The molecule has 1 fully saturated rings. The van der Waals surface area contributed by atoms with E-state index in [1.807, 2.05) is 0 Å². The first-order chi connectivity index (χ1) is 12.6. The summed E-state index contributed by atoms with van der Waals surface area (Å²) >= 11 is 0. The van der Waals surface area contributed by atoms with Gasteiger partial charge in [-0.2, -0.15) is 4.31 Å². The highest BCUT2D eigenvalue weighted by Crippen LogP contribution is 2.20. The molecule has 0 spiro atoms. The largest absolute Gasteiger partial charge is 0.465 e. The molecule has 1 N–H and O–H groups in total. The average Bonchev–Trinajstić information content (AvgIpc) is 3.19. The van der Waals surface area contributed by atoms with Crippen molar-refractivity contribution in [3.63, 3.8) is 0 Å². The molecule has 1 aromatic heterocycles. The number of carbonyl (C=O) groups is 1. The lowest BCUT2D eigenvalue weighted by molar-refractivity contribution is -0.116. The number of sulfonamides is 1. The van der Waals surface area contributed by atoms with Gasteiger partial charge in [-0.1, -0.05) is 18.6 Å². The predicted octanol–water partition coefficient (Wildman–Crippen LogP) is 2.78. The monoisotopic (exact) mass is 374 g/mol. The van der Waals surface area contributed by atoms with Crippen LogP contribution in [0.25, 0.3) is 6.08 Å². The normalized spacial score (nSPS) is 16.0. The molecule has 0 bridgehead atoms. The quantitative estimate of drug-likeness (QED) is 0.789. The van der Waals surface area contributed by atoms with E-state index in [0.717, 1.165) is 24.8 Å². The Morgan fingerprint density at radius 1 is 1.12 bits per heavy atom. The van der Waals surface area contributed by atoms with Gasteiger partial charge in [0.15, 0.2) is 0 Å². The second kappa shape index (κ2) is 8.33. The highest BCUT2D eigenvalue weighted by atomic mass is 32.2. The van der Waals surface area contributed by atoms with Gasteiger partial charge in [0, 0.05) is 25.7 Å². The fourth-order valence-electron chi connectivity index (χ4n) is 2.83. The summed E-state index contributed by atoms with van der Waals surface area (Å²) in [5, 5.41) is 2.76. The van der Waals surface area contributed by atoms with Crippen molar-refractivity contribution in [2.45, 2.75) is 30.7 Å². The van der Waals surface area contributed by atoms with Gasteiger partial charge in [-0.25, -0.2) is 8.42 Å². The van der Waals surface area contributed by atoms with Crippen molar-refractivity contribution < 1.29 is 17.6 Å². The molecule has 0 radical (unpaired) electrons. The zero-order valence-corrected chi connectivity index (χ0v) is 15.2. The number of furan rings is 1. The van der Waals surface area contributed by atoms with Gasteiger partial charge in [-0.05, 0) is 48.7 Å². The average molecular weight is 374 g/mol. The summed E-state index contributed by atoms with van der Waals surface area (Å²) in [6.07, 6.45) is 7.43. The molecule has 26 heavy (non-hydrogen) atoms. The Hall–Kier alpha value is -2.38. The summed E-state index contributed by atoms with van der Waals surface area (Å²) in [5.74, 6) is 0.360. The molecule has 0 saturated carbocycles. The van der Waals surface area contributed by atoms with Gasteiger partial charge >= 0.3 is 0 Å². The summed E-state index contributed by atoms with van der Waals surface area (Å²) in [6, 6.07) is 10.2. The molecule has 7 heteroatoms. The number of carbonyl (C=O) groups excluding carboxylic acids is 1. The van der Waals surface area contributed by atoms with Gasteiger partial charge < -0.3 is 9.73 Å². The number of amides is 1. The van der Waals surface area contributed by atoms with Crippen LogP contribution in [0.1, 0.15) is 30.6 Å². The van der Waals surface area contributed by atoms with Crippen molar-refractivity contribution in [3.8, 4) is 0 Å². The Labute approximate surface area is 153 Å². The molecule has 1 amide bonds. The van der Waals surface area contributed by atoms with Crippen LogP contribution in [0.5, 0.6) is 0 Å². The molecule has 2 heterocycles. The van der Waals surface area contributed by atoms with E-state index in [0.29, 0.717) is 30.3 Å². The van der Waals surface area contributed by atoms with Gasteiger partial charge in [-0.3, -0.25) is 4.79 Å². The highest BCUT2D eigenvalue weighted by molar-refractivity contribution is 7.89. The molecular formula is C19H22N2O4S. The first kappa shape index (κ1) is 18.4. The number of nitrogens with zero attached hydrogens (tertiary/aromatic N) is 1. The number of nitrogens with one attached hydrogen (secondary N) is 1. The summed E-state index contributed by atoms with van der Waals surface area (Å²) in [5.41, 5.74) is 0.836. The standard InChI is InChI=1S/C19H22N2O4S/c22-19(11-8-17-5-4-14-25-17)20-15-16-6-9-18(10-7-16)26(23,24)21-12-2-1-3-13-21/h4-11,14H,1-3,12-13,15H2,(H,20,22)/b11-8+. The van der Waals surface area contributed by atoms with Crippen LogP contribution in [-0.2, 0) is 21.4 Å². The van der Waals surface area contributed by atoms with Crippen LogP contribution in [0.15, 0.2) is 58.1 Å². The van der Waals surface area contributed by atoms with Crippen LogP contribution in [0.2, 0.25) is 0 Å². The van der Waals surface area contributed by atoms with E-state index < -0.39 is 10.0 Å². The zero-order valence-electron chi connectivity index (χ0n) is 14.4. The fourth-order valence-corrected chi connectivity index (χ4v) is 4.34. The molecule has 2 aromatic rings. The number of piperidine rings is 1. The third-order valence-corrected chi connectivity index (χ3v) is 6.20. The van der Waals surface area contributed by atoms with Gasteiger partial charge in [0.05, 0.1) is 11.2 Å². The predicted molar refractivity (Wildman–Crippen MR) is 98.6 cm³/mol. The molecule has 1 aliphatic rings.